The van der Waals surface area contributed by atoms with Gasteiger partial charge >= 0.3 is 5.97 Å². The van der Waals surface area contributed by atoms with E-state index < -0.39 is 5.97 Å². The van der Waals surface area contributed by atoms with Crippen LogP contribution in [0, 0.1) is 13.8 Å². The topological polar surface area (TPSA) is 90.0 Å². The molecule has 0 radical (unpaired) electrons. The number of aryl methyl sites for hydroxylation is 2. The third-order valence-electron chi connectivity index (χ3n) is 2.76. The van der Waals surface area contributed by atoms with Gasteiger partial charge in [0.25, 0.3) is 0 Å². The van der Waals surface area contributed by atoms with Gasteiger partial charge in [0.05, 0.1) is 12.7 Å². The molecule has 0 unspecified atom stereocenters. The van der Waals surface area contributed by atoms with Gasteiger partial charge in [-0.1, -0.05) is 5.21 Å². The number of nitrogens with zero attached hydrogens (tertiary/aromatic N) is 4. The fourth-order valence-corrected chi connectivity index (χ4v) is 1.93. The minimum absolute atomic E-state index is 0.0271. The lowest BCUT2D eigenvalue weighted by molar-refractivity contribution is -0.137. The Bertz CT molecular complexity index is 646. The van der Waals surface area contributed by atoms with Gasteiger partial charge < -0.3 is 9.67 Å². The summed E-state index contributed by atoms with van der Waals surface area (Å²) in [6.45, 7) is 3.93. The Kier molecular flexibility index (Phi) is 3.46. The fraction of sp³-hybridized carbons (Fsp3) is 0.333. The molecule has 1 N–H and O–H groups in total. The molecule has 0 aromatic carbocycles. The van der Waals surface area contributed by atoms with E-state index in [1.807, 2.05) is 18.4 Å². The molecule has 0 fully saturated rings. The van der Waals surface area contributed by atoms with E-state index in [-0.39, 0.29) is 12.0 Å². The number of hydrogen-bond donors (Lipinski definition) is 1. The van der Waals surface area contributed by atoms with Crippen molar-refractivity contribution in [3.63, 3.8) is 0 Å². The predicted molar refractivity (Wildman–Crippen MR) is 66.9 cm³/mol. The number of pyridine rings is 1. The highest BCUT2D eigenvalue weighted by Gasteiger charge is 2.07. The SMILES string of the molecule is Cc1cc(=O)cc(C)n1Cc1cn(CC(=O)O)nn1. The quantitative estimate of drug-likeness (QED) is 0.849. The first kappa shape index (κ1) is 13.0. The standard InChI is InChI=1S/C12H14N4O3/c1-8-3-11(17)4-9(2)16(8)6-10-5-15(14-13-10)7-12(18)19/h3-5H,6-7H2,1-2H3,(H,18,19). The summed E-state index contributed by atoms with van der Waals surface area (Å²) < 4.78 is 3.20. The van der Waals surface area contributed by atoms with Gasteiger partial charge in [-0.15, -0.1) is 5.10 Å². The molecule has 2 heterocycles. The van der Waals surface area contributed by atoms with E-state index in [1.165, 1.54) is 4.68 Å². The van der Waals surface area contributed by atoms with Gasteiger partial charge in [0, 0.05) is 23.5 Å². The molecular formula is C12H14N4O3. The Morgan fingerprint density at radius 2 is 1.95 bits per heavy atom. The van der Waals surface area contributed by atoms with Crippen LogP contribution in [0.4, 0.5) is 0 Å². The van der Waals surface area contributed by atoms with Gasteiger partial charge in [-0.05, 0) is 13.8 Å². The molecule has 100 valence electrons. The molecule has 7 heteroatoms. The number of rotatable bonds is 4. The van der Waals surface area contributed by atoms with Crippen molar-refractivity contribution in [1.82, 2.24) is 19.6 Å². The second kappa shape index (κ2) is 5.05. The van der Waals surface area contributed by atoms with Crippen LogP contribution in [-0.2, 0) is 17.9 Å². The molecule has 2 aromatic rings. The van der Waals surface area contributed by atoms with E-state index in [2.05, 4.69) is 10.3 Å². The van der Waals surface area contributed by atoms with Crippen LogP contribution in [0.1, 0.15) is 17.1 Å². The van der Waals surface area contributed by atoms with Crippen molar-refractivity contribution in [2.45, 2.75) is 26.9 Å². The normalized spacial score (nSPS) is 10.6. The highest BCUT2D eigenvalue weighted by atomic mass is 16.4. The van der Waals surface area contributed by atoms with Crippen molar-refractivity contribution in [1.29, 1.82) is 0 Å². The Labute approximate surface area is 109 Å². The van der Waals surface area contributed by atoms with E-state index in [1.54, 1.807) is 18.3 Å². The summed E-state index contributed by atoms with van der Waals surface area (Å²) in [7, 11) is 0. The first-order valence-electron chi connectivity index (χ1n) is 5.74. The molecule has 0 saturated heterocycles. The molecule has 2 rings (SSSR count). The van der Waals surface area contributed by atoms with E-state index in [0.717, 1.165) is 11.4 Å². The Hall–Kier alpha value is -2.44. The Morgan fingerprint density at radius 3 is 2.53 bits per heavy atom. The molecule has 0 aliphatic rings. The summed E-state index contributed by atoms with van der Waals surface area (Å²) in [4.78, 5) is 21.9. The van der Waals surface area contributed by atoms with Crippen molar-refractivity contribution in [2.24, 2.45) is 0 Å². The van der Waals surface area contributed by atoms with Crippen LogP contribution in [-0.4, -0.2) is 30.6 Å². The second-order valence-corrected chi connectivity index (χ2v) is 4.36. The first-order chi connectivity index (χ1) is 8.95. The zero-order valence-corrected chi connectivity index (χ0v) is 10.7. The summed E-state index contributed by atoms with van der Waals surface area (Å²) in [5, 5.41) is 16.3. The molecule has 0 bridgehead atoms. The third kappa shape index (κ3) is 3.06. The Morgan fingerprint density at radius 1 is 1.32 bits per heavy atom. The number of carboxylic acid groups (broad SMARTS) is 1. The zero-order valence-electron chi connectivity index (χ0n) is 10.7. The average molecular weight is 262 g/mol. The molecule has 0 aliphatic carbocycles. The number of aliphatic carboxylic acids is 1. The smallest absolute Gasteiger partial charge is 0.325 e. The molecule has 0 saturated carbocycles. The number of hydrogen-bond acceptors (Lipinski definition) is 4. The molecule has 7 nitrogen and oxygen atoms in total. The molecule has 0 amide bonds. The molecule has 0 aliphatic heterocycles. The largest absolute Gasteiger partial charge is 0.480 e. The van der Waals surface area contributed by atoms with Crippen LogP contribution in [0.15, 0.2) is 23.1 Å². The molecular weight excluding hydrogens is 248 g/mol. The van der Waals surface area contributed by atoms with E-state index >= 15 is 0 Å². The monoisotopic (exact) mass is 262 g/mol. The zero-order chi connectivity index (χ0) is 14.0. The van der Waals surface area contributed by atoms with Crippen molar-refractivity contribution in [3.8, 4) is 0 Å². The van der Waals surface area contributed by atoms with Crippen LogP contribution < -0.4 is 5.43 Å². The lowest BCUT2D eigenvalue weighted by atomic mass is 10.2. The summed E-state index contributed by atoms with van der Waals surface area (Å²) in [5.74, 6) is -0.966. The maximum absolute atomic E-state index is 11.3. The number of carbonyl (C=O) groups is 1. The lowest BCUT2D eigenvalue weighted by Crippen LogP contribution is -2.14. The summed E-state index contributed by atoms with van der Waals surface area (Å²) in [5.41, 5.74) is 2.28. The summed E-state index contributed by atoms with van der Waals surface area (Å²) >= 11 is 0. The van der Waals surface area contributed by atoms with Crippen molar-refractivity contribution in [3.05, 3.63) is 45.6 Å². The number of carboxylic acids is 1. The van der Waals surface area contributed by atoms with Crippen LogP contribution >= 0.6 is 0 Å². The van der Waals surface area contributed by atoms with Crippen molar-refractivity contribution < 1.29 is 9.90 Å². The van der Waals surface area contributed by atoms with Gasteiger partial charge in [-0.3, -0.25) is 9.59 Å². The molecule has 0 atom stereocenters. The highest BCUT2D eigenvalue weighted by molar-refractivity contribution is 5.66. The van der Waals surface area contributed by atoms with Crippen LogP contribution in [0.3, 0.4) is 0 Å². The maximum atomic E-state index is 11.3. The van der Waals surface area contributed by atoms with Gasteiger partial charge in [0.2, 0.25) is 0 Å². The van der Waals surface area contributed by atoms with Crippen LogP contribution in [0.2, 0.25) is 0 Å². The van der Waals surface area contributed by atoms with E-state index in [4.69, 9.17) is 5.11 Å². The van der Waals surface area contributed by atoms with Gasteiger partial charge in [-0.25, -0.2) is 4.68 Å². The van der Waals surface area contributed by atoms with Crippen molar-refractivity contribution in [2.75, 3.05) is 0 Å². The predicted octanol–water partition coefficient (Wildman–Crippen LogP) is 0.190. The molecule has 0 spiro atoms. The van der Waals surface area contributed by atoms with E-state index in [9.17, 15) is 9.59 Å². The Balaban J connectivity index is 2.24. The molecule has 2 aromatic heterocycles. The summed E-state index contributed by atoms with van der Waals surface area (Å²) in [6, 6.07) is 3.10. The number of aromatic nitrogens is 4. The highest BCUT2D eigenvalue weighted by Crippen LogP contribution is 2.05. The van der Waals surface area contributed by atoms with Crippen molar-refractivity contribution >= 4 is 5.97 Å². The minimum Gasteiger partial charge on any atom is -0.480 e. The van der Waals surface area contributed by atoms with E-state index in [0.29, 0.717) is 12.2 Å². The lowest BCUT2D eigenvalue weighted by Gasteiger charge is -2.12. The van der Waals surface area contributed by atoms with Gasteiger partial charge in [-0.2, -0.15) is 0 Å². The fourth-order valence-electron chi connectivity index (χ4n) is 1.93. The molecule has 19 heavy (non-hydrogen) atoms. The van der Waals surface area contributed by atoms with Gasteiger partial charge in [0.1, 0.15) is 12.2 Å². The maximum Gasteiger partial charge on any atom is 0.325 e. The second-order valence-electron chi connectivity index (χ2n) is 4.36. The van der Waals surface area contributed by atoms with Gasteiger partial charge in [0.15, 0.2) is 5.43 Å². The van der Waals surface area contributed by atoms with Crippen LogP contribution in [0.25, 0.3) is 0 Å². The first-order valence-corrected chi connectivity index (χ1v) is 5.74. The summed E-state index contributed by atoms with van der Waals surface area (Å²) in [6.07, 6.45) is 1.59. The minimum atomic E-state index is -0.966. The third-order valence-corrected chi connectivity index (χ3v) is 2.76. The average Bonchev–Trinajstić information content (AvgIpc) is 2.70. The van der Waals surface area contributed by atoms with Crippen LogP contribution in [0.5, 0.6) is 0 Å².